The summed E-state index contributed by atoms with van der Waals surface area (Å²) >= 11 is 0. The van der Waals surface area contributed by atoms with E-state index in [0.29, 0.717) is 11.4 Å². The number of esters is 1. The molecule has 0 aliphatic rings. The largest absolute Gasteiger partial charge is 0.465 e. The van der Waals surface area contributed by atoms with Gasteiger partial charge in [-0.05, 0) is 35.6 Å². The van der Waals surface area contributed by atoms with Gasteiger partial charge in [-0.25, -0.2) is 17.9 Å². The Balaban J connectivity index is 1.75. The number of ether oxygens (including phenoxy) is 1. The fourth-order valence-corrected chi connectivity index (χ4v) is 4.18. The molecule has 0 spiro atoms. The van der Waals surface area contributed by atoms with Gasteiger partial charge in [-0.3, -0.25) is 0 Å². The van der Waals surface area contributed by atoms with Gasteiger partial charge < -0.3 is 9.26 Å². The Morgan fingerprint density at radius 1 is 1.13 bits per heavy atom. The predicted molar refractivity (Wildman–Crippen MR) is 115 cm³/mol. The average Bonchev–Trinajstić information content (AvgIpc) is 3.20. The fourth-order valence-electron chi connectivity index (χ4n) is 2.93. The van der Waals surface area contributed by atoms with Crippen molar-refractivity contribution < 1.29 is 22.5 Å². The molecule has 0 unspecified atom stereocenters. The van der Waals surface area contributed by atoms with E-state index in [1.54, 1.807) is 13.0 Å². The van der Waals surface area contributed by atoms with E-state index in [2.05, 4.69) is 40.4 Å². The van der Waals surface area contributed by atoms with Crippen LogP contribution in [0.1, 0.15) is 48.1 Å². The number of aromatic nitrogens is 2. The van der Waals surface area contributed by atoms with Crippen molar-refractivity contribution >= 4 is 16.0 Å². The lowest BCUT2D eigenvalue weighted by atomic mass is 9.87. The first-order valence-electron chi connectivity index (χ1n) is 9.63. The van der Waals surface area contributed by atoms with E-state index >= 15 is 0 Å². The first kappa shape index (κ1) is 22.6. The molecule has 2 aromatic carbocycles. The molecule has 8 nitrogen and oxygen atoms in total. The van der Waals surface area contributed by atoms with Crippen molar-refractivity contribution in [3.05, 3.63) is 65.0 Å². The third kappa shape index (κ3) is 5.18. The number of sulfonamides is 1. The molecule has 0 atom stereocenters. The lowest BCUT2D eigenvalue weighted by molar-refractivity contribution is 0.0600. The van der Waals surface area contributed by atoms with E-state index in [0.717, 1.165) is 5.56 Å². The number of methoxy groups -OCH3 is 1. The van der Waals surface area contributed by atoms with Gasteiger partial charge in [0.1, 0.15) is 0 Å². The summed E-state index contributed by atoms with van der Waals surface area (Å²) in [6, 6.07) is 12.2. The van der Waals surface area contributed by atoms with E-state index in [4.69, 9.17) is 4.52 Å². The number of nitrogens with one attached hydrogen (secondary N) is 1. The van der Waals surface area contributed by atoms with Crippen molar-refractivity contribution in [3.63, 3.8) is 0 Å². The van der Waals surface area contributed by atoms with Gasteiger partial charge in [0.15, 0.2) is 0 Å². The summed E-state index contributed by atoms with van der Waals surface area (Å²) in [5.41, 5.74) is 2.62. The minimum atomic E-state index is -3.92. The molecule has 0 aliphatic carbocycles. The van der Waals surface area contributed by atoms with Gasteiger partial charge in [-0.2, -0.15) is 4.98 Å². The second-order valence-corrected chi connectivity index (χ2v) is 9.87. The second kappa shape index (κ2) is 8.60. The summed E-state index contributed by atoms with van der Waals surface area (Å²) in [6.45, 7) is 7.84. The van der Waals surface area contributed by atoms with Crippen molar-refractivity contribution in [3.8, 4) is 11.4 Å². The summed E-state index contributed by atoms with van der Waals surface area (Å²) in [7, 11) is -2.68. The fraction of sp³-hybridized carbons (Fsp3) is 0.318. The van der Waals surface area contributed by atoms with Crippen LogP contribution in [0.25, 0.3) is 11.4 Å². The summed E-state index contributed by atoms with van der Waals surface area (Å²) in [4.78, 5) is 16.0. The molecule has 1 N–H and O–H groups in total. The standard InChI is InChI=1S/C22H25N3O5S/c1-14-6-7-16(21(26)29-5)12-18(14)31(27,28)23-13-19-24-20(25-30-19)15-8-10-17(11-9-15)22(2,3)4/h6-12,23H,13H2,1-5H3. The van der Waals surface area contributed by atoms with Gasteiger partial charge in [-0.15, -0.1) is 0 Å². The van der Waals surface area contributed by atoms with Crippen molar-refractivity contribution in [2.24, 2.45) is 0 Å². The molecule has 3 aromatic rings. The van der Waals surface area contributed by atoms with Crippen LogP contribution in [0.5, 0.6) is 0 Å². The highest BCUT2D eigenvalue weighted by molar-refractivity contribution is 7.89. The number of carbonyl (C=O) groups excluding carboxylic acids is 1. The Morgan fingerprint density at radius 2 is 1.81 bits per heavy atom. The third-order valence-electron chi connectivity index (χ3n) is 4.79. The Kier molecular flexibility index (Phi) is 6.28. The summed E-state index contributed by atoms with van der Waals surface area (Å²) in [6.07, 6.45) is 0. The Bertz CT molecular complexity index is 1190. The summed E-state index contributed by atoms with van der Waals surface area (Å²) < 4.78 is 37.8. The Hall–Kier alpha value is -3.04. The van der Waals surface area contributed by atoms with Crippen LogP contribution in [0, 0.1) is 6.92 Å². The van der Waals surface area contributed by atoms with Gasteiger partial charge >= 0.3 is 5.97 Å². The zero-order chi connectivity index (χ0) is 22.8. The zero-order valence-electron chi connectivity index (χ0n) is 18.1. The van der Waals surface area contributed by atoms with Gasteiger partial charge in [0.2, 0.25) is 21.7 Å². The molecule has 0 aliphatic heterocycles. The van der Waals surface area contributed by atoms with Crippen LogP contribution in [-0.2, 0) is 26.7 Å². The molecule has 0 amide bonds. The highest BCUT2D eigenvalue weighted by Crippen LogP contribution is 2.25. The van der Waals surface area contributed by atoms with E-state index in [9.17, 15) is 13.2 Å². The maximum absolute atomic E-state index is 12.7. The van der Waals surface area contributed by atoms with Crippen molar-refractivity contribution in [1.29, 1.82) is 0 Å². The summed E-state index contributed by atoms with van der Waals surface area (Å²) in [5, 5.41) is 3.94. The number of hydrogen-bond acceptors (Lipinski definition) is 7. The Labute approximate surface area is 181 Å². The van der Waals surface area contributed by atoms with Crippen LogP contribution in [-0.4, -0.2) is 31.6 Å². The predicted octanol–water partition coefficient (Wildman–Crippen LogP) is 3.61. The highest BCUT2D eigenvalue weighted by Gasteiger charge is 2.21. The molecule has 31 heavy (non-hydrogen) atoms. The molecule has 1 aromatic heterocycles. The second-order valence-electron chi connectivity index (χ2n) is 8.14. The van der Waals surface area contributed by atoms with E-state index < -0.39 is 16.0 Å². The average molecular weight is 444 g/mol. The molecular weight excluding hydrogens is 418 g/mol. The number of aryl methyl sites for hydroxylation is 1. The van der Waals surface area contributed by atoms with Gasteiger partial charge in [0.25, 0.3) is 0 Å². The lowest BCUT2D eigenvalue weighted by Gasteiger charge is -2.18. The van der Waals surface area contributed by atoms with Crippen LogP contribution >= 0.6 is 0 Å². The van der Waals surface area contributed by atoms with Crippen molar-refractivity contribution in [2.45, 2.75) is 44.6 Å². The topological polar surface area (TPSA) is 111 Å². The Morgan fingerprint density at radius 3 is 2.42 bits per heavy atom. The zero-order valence-corrected chi connectivity index (χ0v) is 18.9. The molecule has 0 fully saturated rings. The van der Waals surface area contributed by atoms with Gasteiger partial charge in [0, 0.05) is 5.56 Å². The van der Waals surface area contributed by atoms with E-state index in [1.807, 2.05) is 24.3 Å². The lowest BCUT2D eigenvalue weighted by Crippen LogP contribution is -2.24. The van der Waals surface area contributed by atoms with Gasteiger partial charge in [0.05, 0.1) is 24.1 Å². The number of hydrogen-bond donors (Lipinski definition) is 1. The van der Waals surface area contributed by atoms with Crippen LogP contribution < -0.4 is 4.72 Å². The highest BCUT2D eigenvalue weighted by atomic mass is 32.2. The van der Waals surface area contributed by atoms with Crippen molar-refractivity contribution in [2.75, 3.05) is 7.11 Å². The minimum absolute atomic E-state index is 0.0205. The van der Waals surface area contributed by atoms with Crippen molar-refractivity contribution in [1.82, 2.24) is 14.9 Å². The quantitative estimate of drug-likeness (QED) is 0.579. The minimum Gasteiger partial charge on any atom is -0.465 e. The first-order valence-corrected chi connectivity index (χ1v) is 11.1. The molecule has 3 rings (SSSR count). The molecule has 164 valence electrons. The van der Waals surface area contributed by atoms with Crippen LogP contribution in [0.3, 0.4) is 0 Å². The molecule has 0 saturated carbocycles. The maximum atomic E-state index is 12.7. The SMILES string of the molecule is COC(=O)c1ccc(C)c(S(=O)(=O)NCc2nc(-c3ccc(C(C)(C)C)cc3)no2)c1. The molecule has 0 radical (unpaired) electrons. The van der Waals surface area contributed by atoms with Crippen LogP contribution in [0.4, 0.5) is 0 Å². The van der Waals surface area contributed by atoms with E-state index in [-0.39, 0.29) is 28.3 Å². The number of carbonyl (C=O) groups is 1. The third-order valence-corrected chi connectivity index (χ3v) is 6.33. The van der Waals surface area contributed by atoms with Crippen LogP contribution in [0.15, 0.2) is 51.9 Å². The molecule has 0 saturated heterocycles. The summed E-state index contributed by atoms with van der Waals surface area (Å²) in [5.74, 6) is -0.116. The first-order chi connectivity index (χ1) is 14.5. The smallest absolute Gasteiger partial charge is 0.337 e. The van der Waals surface area contributed by atoms with E-state index in [1.165, 1.54) is 24.8 Å². The molecular formula is C22H25N3O5S. The molecule has 0 bridgehead atoms. The van der Waals surface area contributed by atoms with Gasteiger partial charge in [-0.1, -0.05) is 56.3 Å². The number of nitrogens with zero attached hydrogens (tertiary/aromatic N) is 2. The number of rotatable bonds is 6. The molecule has 9 heteroatoms. The number of benzene rings is 2. The normalized spacial score (nSPS) is 12.0. The van der Waals surface area contributed by atoms with Crippen LogP contribution in [0.2, 0.25) is 0 Å². The monoisotopic (exact) mass is 443 g/mol. The molecule has 1 heterocycles. The maximum Gasteiger partial charge on any atom is 0.337 e.